The van der Waals surface area contributed by atoms with Crippen molar-refractivity contribution in [2.45, 2.75) is 19.5 Å². The summed E-state index contributed by atoms with van der Waals surface area (Å²) in [7, 11) is 1.61. The maximum atomic E-state index is 13.2. The Balaban J connectivity index is 1.63. The van der Waals surface area contributed by atoms with Gasteiger partial charge in [0.05, 0.1) is 12.6 Å². The van der Waals surface area contributed by atoms with Gasteiger partial charge in [-0.2, -0.15) is 13.2 Å². The van der Waals surface area contributed by atoms with Crippen molar-refractivity contribution < 1.29 is 17.9 Å². The molecule has 4 heterocycles. The second-order valence-corrected chi connectivity index (χ2v) is 7.85. The summed E-state index contributed by atoms with van der Waals surface area (Å²) in [6.45, 7) is 1.64. The fourth-order valence-electron chi connectivity index (χ4n) is 3.40. The van der Waals surface area contributed by atoms with Gasteiger partial charge >= 0.3 is 6.18 Å². The van der Waals surface area contributed by atoms with Gasteiger partial charge in [0, 0.05) is 11.8 Å². The number of pyridine rings is 1. The molecule has 0 aliphatic carbocycles. The zero-order chi connectivity index (χ0) is 21.0. The van der Waals surface area contributed by atoms with Crippen LogP contribution < -0.4 is 4.74 Å². The van der Waals surface area contributed by atoms with Crippen molar-refractivity contribution in [3.05, 3.63) is 59.3 Å². The molecule has 0 amide bonds. The summed E-state index contributed by atoms with van der Waals surface area (Å²) in [6, 6.07) is 8.65. The van der Waals surface area contributed by atoms with Gasteiger partial charge in [0.15, 0.2) is 11.5 Å². The first kappa shape index (κ1) is 18.7. The molecule has 0 bridgehead atoms. The van der Waals surface area contributed by atoms with Crippen molar-refractivity contribution in [2.75, 3.05) is 7.11 Å². The summed E-state index contributed by atoms with van der Waals surface area (Å²) in [5.41, 5.74) is 1.73. The largest absolute Gasteiger partial charge is 0.497 e. The molecule has 1 aromatic carbocycles. The normalized spacial score (nSPS) is 12.3. The number of methoxy groups -OCH3 is 1. The Morgan fingerprint density at radius 1 is 1.13 bits per heavy atom. The number of aryl methyl sites for hydroxylation is 1. The van der Waals surface area contributed by atoms with Crippen molar-refractivity contribution in [1.29, 1.82) is 0 Å². The maximum absolute atomic E-state index is 13.2. The Kier molecular flexibility index (Phi) is 4.14. The maximum Gasteiger partial charge on any atom is 0.433 e. The number of halogens is 3. The highest BCUT2D eigenvalue weighted by atomic mass is 32.1. The molecule has 4 aromatic heterocycles. The number of fused-ring (bicyclic) bond motifs is 5. The standard InChI is InChI=1S/C20H14F3N5OS/c1-10-7-13(20(21,22)23)25-19-15(10)16-17(30-19)18-26-14(27-28(18)9-24-16)8-11-3-5-12(29-2)6-4-11/h3-7,9H,8H2,1-2H3. The number of nitrogens with zero attached hydrogens (tertiary/aromatic N) is 5. The number of aromatic nitrogens is 5. The first-order valence-electron chi connectivity index (χ1n) is 8.98. The van der Waals surface area contributed by atoms with Gasteiger partial charge in [0.2, 0.25) is 0 Å². The minimum absolute atomic E-state index is 0.289. The van der Waals surface area contributed by atoms with E-state index in [-0.39, 0.29) is 4.83 Å². The lowest BCUT2D eigenvalue weighted by Gasteiger charge is -2.06. The van der Waals surface area contributed by atoms with Gasteiger partial charge in [0.25, 0.3) is 0 Å². The molecule has 0 saturated heterocycles. The lowest BCUT2D eigenvalue weighted by Crippen LogP contribution is -2.07. The van der Waals surface area contributed by atoms with Crippen molar-refractivity contribution >= 4 is 37.4 Å². The zero-order valence-electron chi connectivity index (χ0n) is 15.9. The SMILES string of the molecule is COc1ccc(Cc2nc3c4sc5nc(C(F)(F)F)cc(C)c5c4ncn3n2)cc1. The van der Waals surface area contributed by atoms with E-state index in [4.69, 9.17) is 4.74 Å². The first-order chi connectivity index (χ1) is 14.3. The molecule has 10 heteroatoms. The van der Waals surface area contributed by atoms with Crippen molar-refractivity contribution in [3.63, 3.8) is 0 Å². The summed E-state index contributed by atoms with van der Waals surface area (Å²) in [5.74, 6) is 1.35. The molecule has 0 spiro atoms. The first-order valence-corrected chi connectivity index (χ1v) is 9.79. The molecule has 0 aliphatic heterocycles. The minimum atomic E-state index is -4.50. The fourth-order valence-corrected chi connectivity index (χ4v) is 4.58. The molecule has 0 fully saturated rings. The minimum Gasteiger partial charge on any atom is -0.497 e. The third-order valence-electron chi connectivity index (χ3n) is 4.82. The molecular formula is C20H14F3N5OS. The lowest BCUT2D eigenvalue weighted by atomic mass is 10.1. The predicted octanol–water partition coefficient (Wildman–Crippen LogP) is 4.81. The summed E-state index contributed by atoms with van der Waals surface area (Å²) < 4.78 is 46.8. The quantitative estimate of drug-likeness (QED) is 0.412. The molecule has 5 aromatic rings. The highest BCUT2D eigenvalue weighted by Gasteiger charge is 2.33. The summed E-state index contributed by atoms with van der Waals surface area (Å²) >= 11 is 1.15. The van der Waals surface area contributed by atoms with E-state index < -0.39 is 11.9 Å². The van der Waals surface area contributed by atoms with Crippen LogP contribution in [0.25, 0.3) is 26.1 Å². The average Bonchev–Trinajstić information content (AvgIpc) is 3.28. The Morgan fingerprint density at radius 2 is 1.90 bits per heavy atom. The highest BCUT2D eigenvalue weighted by Crippen LogP contribution is 2.38. The third kappa shape index (κ3) is 3.04. The molecule has 0 unspecified atom stereocenters. The Morgan fingerprint density at radius 3 is 2.60 bits per heavy atom. The van der Waals surface area contributed by atoms with Gasteiger partial charge in [-0.3, -0.25) is 0 Å². The average molecular weight is 429 g/mol. The Bertz CT molecular complexity index is 1410. The van der Waals surface area contributed by atoms with Crippen LogP contribution >= 0.6 is 11.3 Å². The number of rotatable bonds is 3. The number of hydrogen-bond acceptors (Lipinski definition) is 6. The molecular weight excluding hydrogens is 415 g/mol. The zero-order valence-corrected chi connectivity index (χ0v) is 16.7. The van der Waals surface area contributed by atoms with Gasteiger partial charge in [-0.1, -0.05) is 12.1 Å². The fraction of sp³-hybridized carbons (Fsp3) is 0.200. The molecule has 0 radical (unpaired) electrons. The lowest BCUT2D eigenvalue weighted by molar-refractivity contribution is -0.141. The molecule has 30 heavy (non-hydrogen) atoms. The van der Waals surface area contributed by atoms with E-state index in [1.54, 1.807) is 18.5 Å². The van der Waals surface area contributed by atoms with Crippen LogP contribution in [0.5, 0.6) is 5.75 Å². The van der Waals surface area contributed by atoms with Crippen LogP contribution in [-0.2, 0) is 12.6 Å². The van der Waals surface area contributed by atoms with Crippen molar-refractivity contribution in [3.8, 4) is 5.75 Å². The molecule has 0 saturated carbocycles. The number of benzene rings is 1. The van der Waals surface area contributed by atoms with Crippen LogP contribution in [0.4, 0.5) is 13.2 Å². The Hall–Kier alpha value is -3.27. The van der Waals surface area contributed by atoms with Gasteiger partial charge < -0.3 is 4.74 Å². The molecule has 6 nitrogen and oxygen atoms in total. The van der Waals surface area contributed by atoms with E-state index in [2.05, 4.69) is 20.1 Å². The van der Waals surface area contributed by atoms with Gasteiger partial charge in [0.1, 0.15) is 27.3 Å². The van der Waals surface area contributed by atoms with Crippen LogP contribution in [0.2, 0.25) is 0 Å². The molecule has 0 atom stereocenters. The van der Waals surface area contributed by atoms with Crippen LogP contribution in [0.1, 0.15) is 22.6 Å². The molecule has 5 rings (SSSR count). The smallest absolute Gasteiger partial charge is 0.433 e. The third-order valence-corrected chi connectivity index (χ3v) is 5.89. The number of thiophene rings is 1. The summed E-state index contributed by atoms with van der Waals surface area (Å²) in [5, 5.41) is 5.08. The second kappa shape index (κ2) is 6.63. The van der Waals surface area contributed by atoms with Crippen LogP contribution in [0.3, 0.4) is 0 Å². The topological polar surface area (TPSA) is 65.2 Å². The monoisotopic (exact) mass is 429 g/mol. The predicted molar refractivity (Wildman–Crippen MR) is 107 cm³/mol. The van der Waals surface area contributed by atoms with Crippen LogP contribution in [0, 0.1) is 6.92 Å². The van der Waals surface area contributed by atoms with E-state index in [9.17, 15) is 13.2 Å². The van der Waals surface area contributed by atoms with Gasteiger partial charge in [-0.15, -0.1) is 16.4 Å². The Labute approximate surface area is 172 Å². The van der Waals surface area contributed by atoms with Gasteiger partial charge in [-0.25, -0.2) is 19.5 Å². The summed E-state index contributed by atoms with van der Waals surface area (Å²) in [4.78, 5) is 13.2. The highest BCUT2D eigenvalue weighted by molar-refractivity contribution is 7.26. The van der Waals surface area contributed by atoms with E-state index in [1.165, 1.54) is 6.33 Å². The van der Waals surface area contributed by atoms with E-state index in [1.807, 2.05) is 24.3 Å². The molecule has 0 N–H and O–H groups in total. The van der Waals surface area contributed by atoms with E-state index in [0.29, 0.717) is 39.1 Å². The number of ether oxygens (including phenoxy) is 1. The van der Waals surface area contributed by atoms with Crippen molar-refractivity contribution in [1.82, 2.24) is 24.6 Å². The molecule has 0 aliphatic rings. The number of hydrogen-bond donors (Lipinski definition) is 0. The van der Waals surface area contributed by atoms with Crippen LogP contribution in [0.15, 0.2) is 36.7 Å². The van der Waals surface area contributed by atoms with E-state index in [0.717, 1.165) is 28.7 Å². The summed E-state index contributed by atoms with van der Waals surface area (Å²) in [6.07, 6.45) is -2.46. The molecule has 152 valence electrons. The second-order valence-electron chi connectivity index (χ2n) is 6.85. The van der Waals surface area contributed by atoms with Crippen molar-refractivity contribution in [2.24, 2.45) is 0 Å². The van der Waals surface area contributed by atoms with E-state index >= 15 is 0 Å². The van der Waals surface area contributed by atoms with Crippen LogP contribution in [-0.4, -0.2) is 31.7 Å². The number of alkyl halides is 3. The van der Waals surface area contributed by atoms with Gasteiger partial charge in [-0.05, 0) is 36.2 Å².